The number of ether oxygens (including phenoxy) is 3. The molecule has 0 amide bonds. The first-order valence-corrected chi connectivity index (χ1v) is 9.25. The van der Waals surface area contributed by atoms with Crippen molar-refractivity contribution < 1.29 is 31.9 Å². The third-order valence-corrected chi connectivity index (χ3v) is 4.46. The second kappa shape index (κ2) is 8.58. The number of aromatic nitrogens is 3. The summed E-state index contributed by atoms with van der Waals surface area (Å²) in [5.74, 6) is 2.02. The fourth-order valence-electron chi connectivity index (χ4n) is 2.91. The SMILES string of the molecule is COc1cccc(-c2nc(-c3ccc(Oc4ccc(C(F)(F)F)cn4)cc3)no2)c1OC. The van der Waals surface area contributed by atoms with Crippen molar-refractivity contribution in [1.29, 1.82) is 0 Å². The van der Waals surface area contributed by atoms with E-state index in [1.165, 1.54) is 14.2 Å². The molecule has 0 aliphatic rings. The lowest BCUT2D eigenvalue weighted by Crippen LogP contribution is -2.05. The molecule has 0 saturated carbocycles. The summed E-state index contributed by atoms with van der Waals surface area (Å²) < 4.78 is 59.4. The maximum absolute atomic E-state index is 12.6. The molecule has 0 aliphatic heterocycles. The highest BCUT2D eigenvalue weighted by molar-refractivity contribution is 5.69. The number of hydrogen-bond acceptors (Lipinski definition) is 7. The molecule has 2 aromatic heterocycles. The fraction of sp³-hybridized carbons (Fsp3) is 0.136. The van der Waals surface area contributed by atoms with E-state index in [-0.39, 0.29) is 11.8 Å². The number of rotatable bonds is 6. The van der Waals surface area contributed by atoms with Crippen LogP contribution in [0.4, 0.5) is 13.2 Å². The summed E-state index contributed by atoms with van der Waals surface area (Å²) in [5, 5.41) is 4.00. The number of hydrogen-bond donors (Lipinski definition) is 0. The largest absolute Gasteiger partial charge is 0.493 e. The van der Waals surface area contributed by atoms with Gasteiger partial charge in [-0.25, -0.2) is 4.98 Å². The van der Waals surface area contributed by atoms with E-state index in [0.29, 0.717) is 34.2 Å². The number of halogens is 3. The number of benzene rings is 2. The van der Waals surface area contributed by atoms with Gasteiger partial charge in [-0.3, -0.25) is 0 Å². The van der Waals surface area contributed by atoms with E-state index in [2.05, 4.69) is 15.1 Å². The van der Waals surface area contributed by atoms with Crippen LogP contribution in [0.15, 0.2) is 65.3 Å². The van der Waals surface area contributed by atoms with Crippen molar-refractivity contribution in [2.45, 2.75) is 6.18 Å². The first-order chi connectivity index (χ1) is 15.4. The lowest BCUT2D eigenvalue weighted by molar-refractivity contribution is -0.137. The summed E-state index contributed by atoms with van der Waals surface area (Å²) in [6.45, 7) is 0. The predicted octanol–water partition coefficient (Wildman–Crippen LogP) is 5.63. The first kappa shape index (κ1) is 21.2. The Balaban J connectivity index is 1.52. The van der Waals surface area contributed by atoms with E-state index in [9.17, 15) is 13.2 Å². The van der Waals surface area contributed by atoms with E-state index in [1.807, 2.05) is 0 Å². The molecule has 2 aromatic carbocycles. The van der Waals surface area contributed by atoms with Crippen molar-refractivity contribution in [3.63, 3.8) is 0 Å². The summed E-state index contributed by atoms with van der Waals surface area (Å²) >= 11 is 0. The van der Waals surface area contributed by atoms with Gasteiger partial charge in [0.15, 0.2) is 11.5 Å². The van der Waals surface area contributed by atoms with Gasteiger partial charge < -0.3 is 18.7 Å². The van der Waals surface area contributed by atoms with Gasteiger partial charge in [-0.15, -0.1) is 0 Å². The fourth-order valence-corrected chi connectivity index (χ4v) is 2.91. The Morgan fingerprint density at radius 1 is 0.906 bits per heavy atom. The number of pyridine rings is 1. The van der Waals surface area contributed by atoms with Gasteiger partial charge in [-0.1, -0.05) is 11.2 Å². The molecule has 0 saturated heterocycles. The molecular weight excluding hydrogens is 427 g/mol. The molecule has 0 unspecified atom stereocenters. The Hall–Kier alpha value is -4.08. The lowest BCUT2D eigenvalue weighted by atomic mass is 10.1. The Morgan fingerprint density at radius 3 is 2.31 bits per heavy atom. The van der Waals surface area contributed by atoms with E-state index in [1.54, 1.807) is 42.5 Å². The highest BCUT2D eigenvalue weighted by Crippen LogP contribution is 2.37. The van der Waals surface area contributed by atoms with Crippen LogP contribution in [-0.2, 0) is 6.18 Å². The second-order valence-corrected chi connectivity index (χ2v) is 6.47. The highest BCUT2D eigenvalue weighted by Gasteiger charge is 2.30. The van der Waals surface area contributed by atoms with Crippen molar-refractivity contribution >= 4 is 0 Å². The molecule has 32 heavy (non-hydrogen) atoms. The van der Waals surface area contributed by atoms with E-state index < -0.39 is 11.7 Å². The van der Waals surface area contributed by atoms with Gasteiger partial charge in [0.05, 0.1) is 25.3 Å². The molecular formula is C22H16F3N3O4. The standard InChI is InChI=1S/C22H16F3N3O4/c1-29-17-5-3-4-16(19(17)30-2)21-27-20(28-32-21)13-6-9-15(10-7-13)31-18-11-8-14(12-26-18)22(23,24)25/h3-12H,1-2H3. The van der Waals surface area contributed by atoms with Gasteiger partial charge in [0.1, 0.15) is 5.75 Å². The third-order valence-electron chi connectivity index (χ3n) is 4.46. The van der Waals surface area contributed by atoms with Gasteiger partial charge in [-0.2, -0.15) is 18.2 Å². The van der Waals surface area contributed by atoms with Crippen molar-refractivity contribution in [2.75, 3.05) is 14.2 Å². The van der Waals surface area contributed by atoms with Crippen LogP contribution in [0.5, 0.6) is 23.1 Å². The molecule has 2 heterocycles. The quantitative estimate of drug-likeness (QED) is 0.382. The maximum atomic E-state index is 12.6. The molecule has 0 fully saturated rings. The lowest BCUT2D eigenvalue weighted by Gasteiger charge is -2.09. The summed E-state index contributed by atoms with van der Waals surface area (Å²) in [7, 11) is 3.05. The second-order valence-electron chi connectivity index (χ2n) is 6.47. The molecule has 4 rings (SSSR count). The van der Waals surface area contributed by atoms with Gasteiger partial charge in [0.2, 0.25) is 11.7 Å². The topological polar surface area (TPSA) is 79.5 Å². The summed E-state index contributed by atoms with van der Waals surface area (Å²) in [6.07, 6.45) is -3.73. The van der Waals surface area contributed by atoms with E-state index >= 15 is 0 Å². The molecule has 0 radical (unpaired) electrons. The zero-order valence-corrected chi connectivity index (χ0v) is 16.9. The molecule has 0 atom stereocenters. The summed E-state index contributed by atoms with van der Waals surface area (Å²) in [4.78, 5) is 8.09. The smallest absolute Gasteiger partial charge is 0.417 e. The summed E-state index contributed by atoms with van der Waals surface area (Å²) in [5.41, 5.74) is 0.384. The minimum absolute atomic E-state index is 0.0396. The number of nitrogens with zero attached hydrogens (tertiary/aromatic N) is 3. The van der Waals surface area contributed by atoms with Crippen LogP contribution >= 0.6 is 0 Å². The van der Waals surface area contributed by atoms with Crippen LogP contribution in [0.1, 0.15) is 5.56 Å². The van der Waals surface area contributed by atoms with Crippen molar-refractivity contribution in [3.05, 3.63) is 66.4 Å². The van der Waals surface area contributed by atoms with E-state index in [0.717, 1.165) is 18.3 Å². The molecule has 10 heteroatoms. The maximum Gasteiger partial charge on any atom is 0.417 e. The monoisotopic (exact) mass is 443 g/mol. The molecule has 0 bridgehead atoms. The van der Waals surface area contributed by atoms with Crippen LogP contribution in [0, 0.1) is 0 Å². The number of para-hydroxylation sites is 1. The highest BCUT2D eigenvalue weighted by atomic mass is 19.4. The van der Waals surface area contributed by atoms with Gasteiger partial charge in [0.25, 0.3) is 5.89 Å². The summed E-state index contributed by atoms with van der Waals surface area (Å²) in [6, 6.07) is 14.0. The zero-order chi connectivity index (χ0) is 22.7. The number of methoxy groups -OCH3 is 2. The minimum atomic E-state index is -4.45. The average molecular weight is 443 g/mol. The Kier molecular flexibility index (Phi) is 5.67. The third kappa shape index (κ3) is 4.34. The van der Waals surface area contributed by atoms with Crippen molar-refractivity contribution in [1.82, 2.24) is 15.1 Å². The van der Waals surface area contributed by atoms with Crippen LogP contribution in [0.2, 0.25) is 0 Å². The van der Waals surface area contributed by atoms with E-state index in [4.69, 9.17) is 18.7 Å². The average Bonchev–Trinajstić information content (AvgIpc) is 3.29. The number of alkyl halides is 3. The van der Waals surface area contributed by atoms with Crippen LogP contribution in [-0.4, -0.2) is 29.3 Å². The first-order valence-electron chi connectivity index (χ1n) is 9.25. The molecule has 0 spiro atoms. The van der Waals surface area contributed by atoms with Gasteiger partial charge in [0, 0.05) is 17.8 Å². The molecule has 7 nitrogen and oxygen atoms in total. The van der Waals surface area contributed by atoms with Gasteiger partial charge in [-0.05, 0) is 42.5 Å². The van der Waals surface area contributed by atoms with Crippen LogP contribution in [0.3, 0.4) is 0 Å². The molecule has 4 aromatic rings. The van der Waals surface area contributed by atoms with Crippen LogP contribution in [0.25, 0.3) is 22.8 Å². The predicted molar refractivity (Wildman–Crippen MR) is 108 cm³/mol. The normalized spacial score (nSPS) is 11.3. The van der Waals surface area contributed by atoms with Crippen molar-refractivity contribution in [2.24, 2.45) is 0 Å². The zero-order valence-electron chi connectivity index (χ0n) is 16.9. The Morgan fingerprint density at radius 2 is 1.69 bits per heavy atom. The van der Waals surface area contributed by atoms with Crippen molar-refractivity contribution in [3.8, 4) is 46.0 Å². The molecule has 164 valence electrons. The molecule has 0 N–H and O–H groups in total. The van der Waals surface area contributed by atoms with Crippen LogP contribution < -0.4 is 14.2 Å². The van der Waals surface area contributed by atoms with Gasteiger partial charge >= 0.3 is 6.18 Å². The molecule has 0 aliphatic carbocycles. The Labute approximate surface area is 180 Å². The Bertz CT molecular complexity index is 1210. The minimum Gasteiger partial charge on any atom is -0.493 e.